The molecule has 0 unspecified atom stereocenters. The number of thioether (sulfide) groups is 1. The standard InChI is InChI=1S/C29H35ClN6S/c1-28(2,19-32-23-11-12-31-25-17-20(30)9-10-21(23)25)18-29(3,4)35-26-22-7-5-6-8-24(22)33-27(34-26)36-13-15-37-16-14-36/h5-12,17H,13-16,18-19H2,1-4H3,(H,31,32)(H,33,34,35). The van der Waals surface area contributed by atoms with E-state index in [0.29, 0.717) is 5.02 Å². The van der Waals surface area contributed by atoms with Gasteiger partial charge in [-0.1, -0.05) is 37.6 Å². The summed E-state index contributed by atoms with van der Waals surface area (Å²) >= 11 is 8.16. The highest BCUT2D eigenvalue weighted by atomic mass is 35.5. The van der Waals surface area contributed by atoms with Crippen LogP contribution in [0.3, 0.4) is 0 Å². The number of fused-ring (bicyclic) bond motifs is 2. The maximum atomic E-state index is 6.17. The zero-order valence-electron chi connectivity index (χ0n) is 22.0. The van der Waals surface area contributed by atoms with Crippen LogP contribution in [0.5, 0.6) is 0 Å². The number of nitrogens with one attached hydrogen (secondary N) is 2. The van der Waals surface area contributed by atoms with Crippen LogP contribution in [0.4, 0.5) is 17.5 Å². The van der Waals surface area contributed by atoms with E-state index in [1.165, 1.54) is 0 Å². The molecule has 0 radical (unpaired) electrons. The Balaban J connectivity index is 1.33. The monoisotopic (exact) mass is 534 g/mol. The number of aromatic nitrogens is 3. The van der Waals surface area contributed by atoms with Crippen molar-refractivity contribution in [1.29, 1.82) is 0 Å². The Kier molecular flexibility index (Phi) is 7.37. The van der Waals surface area contributed by atoms with E-state index in [2.05, 4.69) is 66.4 Å². The Morgan fingerprint density at radius 1 is 0.946 bits per heavy atom. The molecule has 1 saturated heterocycles. The van der Waals surface area contributed by atoms with E-state index >= 15 is 0 Å². The molecule has 6 nitrogen and oxygen atoms in total. The van der Waals surface area contributed by atoms with Crippen LogP contribution in [0.1, 0.15) is 34.1 Å². The lowest BCUT2D eigenvalue weighted by Gasteiger charge is -2.37. The van der Waals surface area contributed by atoms with Gasteiger partial charge in [-0.25, -0.2) is 4.98 Å². The summed E-state index contributed by atoms with van der Waals surface area (Å²) in [7, 11) is 0. The van der Waals surface area contributed by atoms with Gasteiger partial charge < -0.3 is 15.5 Å². The van der Waals surface area contributed by atoms with Crippen molar-refractivity contribution in [3.63, 3.8) is 0 Å². The van der Waals surface area contributed by atoms with Crippen molar-refractivity contribution in [2.24, 2.45) is 5.41 Å². The maximum absolute atomic E-state index is 6.17. The minimum Gasteiger partial charge on any atom is -0.384 e. The lowest BCUT2D eigenvalue weighted by atomic mass is 9.79. The minimum absolute atomic E-state index is 0.00821. The van der Waals surface area contributed by atoms with Crippen LogP contribution in [-0.2, 0) is 0 Å². The largest absolute Gasteiger partial charge is 0.384 e. The highest BCUT2D eigenvalue weighted by Gasteiger charge is 2.30. The number of halogens is 1. The summed E-state index contributed by atoms with van der Waals surface area (Å²) in [5, 5.41) is 10.3. The van der Waals surface area contributed by atoms with Crippen molar-refractivity contribution in [3.8, 4) is 0 Å². The first-order chi connectivity index (χ1) is 17.7. The summed E-state index contributed by atoms with van der Waals surface area (Å²) in [6.07, 6.45) is 2.77. The van der Waals surface area contributed by atoms with E-state index in [9.17, 15) is 0 Å². The molecule has 0 amide bonds. The molecule has 0 saturated carbocycles. The van der Waals surface area contributed by atoms with Gasteiger partial charge in [-0.15, -0.1) is 0 Å². The minimum atomic E-state index is -0.189. The predicted molar refractivity (Wildman–Crippen MR) is 160 cm³/mol. The zero-order chi connectivity index (χ0) is 26.0. The van der Waals surface area contributed by atoms with E-state index in [-0.39, 0.29) is 11.0 Å². The topological polar surface area (TPSA) is 66.0 Å². The van der Waals surface area contributed by atoms with Gasteiger partial charge in [-0.2, -0.15) is 16.7 Å². The van der Waals surface area contributed by atoms with Crippen LogP contribution >= 0.6 is 23.4 Å². The molecular formula is C29H35ClN6S. The number of hydrogen-bond acceptors (Lipinski definition) is 7. The second kappa shape index (κ2) is 10.5. The first kappa shape index (κ1) is 25.9. The van der Waals surface area contributed by atoms with Crippen molar-refractivity contribution in [2.75, 3.05) is 46.7 Å². The molecule has 194 valence electrons. The summed E-state index contributed by atoms with van der Waals surface area (Å²) in [6.45, 7) is 11.9. The van der Waals surface area contributed by atoms with Crippen LogP contribution in [0.25, 0.3) is 21.8 Å². The van der Waals surface area contributed by atoms with Crippen LogP contribution in [0.15, 0.2) is 54.7 Å². The molecule has 0 aliphatic carbocycles. The van der Waals surface area contributed by atoms with E-state index in [4.69, 9.17) is 21.6 Å². The Labute approximate surface area is 228 Å². The Hall–Kier alpha value is -2.77. The van der Waals surface area contributed by atoms with Crippen LogP contribution in [0, 0.1) is 5.41 Å². The van der Waals surface area contributed by atoms with Crippen molar-refractivity contribution in [2.45, 2.75) is 39.7 Å². The first-order valence-corrected chi connectivity index (χ1v) is 14.4. The highest BCUT2D eigenvalue weighted by Crippen LogP contribution is 2.34. The normalized spacial score (nSPS) is 14.8. The van der Waals surface area contributed by atoms with E-state index in [0.717, 1.165) is 76.8 Å². The second-order valence-electron chi connectivity index (χ2n) is 11.2. The molecule has 1 fully saturated rings. The van der Waals surface area contributed by atoms with Crippen LogP contribution < -0.4 is 15.5 Å². The van der Waals surface area contributed by atoms with Gasteiger partial charge in [0.15, 0.2) is 0 Å². The summed E-state index contributed by atoms with van der Waals surface area (Å²) in [6, 6.07) is 16.2. The molecule has 2 aromatic heterocycles. The maximum Gasteiger partial charge on any atom is 0.227 e. The average Bonchev–Trinajstić information content (AvgIpc) is 2.87. The number of rotatable bonds is 8. The third kappa shape index (κ3) is 6.21. The summed E-state index contributed by atoms with van der Waals surface area (Å²) in [5.41, 5.74) is 2.77. The molecule has 8 heteroatoms. The van der Waals surface area contributed by atoms with Gasteiger partial charge in [0.2, 0.25) is 5.95 Å². The van der Waals surface area contributed by atoms with Crippen molar-refractivity contribution >= 4 is 62.6 Å². The van der Waals surface area contributed by atoms with Gasteiger partial charge >= 0.3 is 0 Å². The van der Waals surface area contributed by atoms with Crippen LogP contribution in [-0.4, -0.2) is 51.6 Å². The number of nitrogens with zero attached hydrogens (tertiary/aromatic N) is 4. The lowest BCUT2D eigenvalue weighted by molar-refractivity contribution is 0.290. The fraction of sp³-hybridized carbons (Fsp3) is 0.414. The molecule has 37 heavy (non-hydrogen) atoms. The van der Waals surface area contributed by atoms with E-state index in [1.807, 2.05) is 48.3 Å². The lowest BCUT2D eigenvalue weighted by Crippen LogP contribution is -2.39. The number of pyridine rings is 1. The predicted octanol–water partition coefficient (Wildman–Crippen LogP) is 7.10. The average molecular weight is 535 g/mol. The molecule has 2 aromatic carbocycles. The fourth-order valence-electron chi connectivity index (χ4n) is 5.30. The van der Waals surface area contributed by atoms with Gasteiger partial charge in [0, 0.05) is 64.4 Å². The molecule has 2 N–H and O–H groups in total. The smallest absolute Gasteiger partial charge is 0.227 e. The summed E-state index contributed by atoms with van der Waals surface area (Å²) in [5.74, 6) is 3.96. The second-order valence-corrected chi connectivity index (χ2v) is 12.9. The quantitative estimate of drug-likeness (QED) is 0.250. The Morgan fingerprint density at radius 2 is 1.73 bits per heavy atom. The number of anilines is 3. The van der Waals surface area contributed by atoms with E-state index in [1.54, 1.807) is 0 Å². The van der Waals surface area contributed by atoms with Crippen molar-refractivity contribution in [1.82, 2.24) is 15.0 Å². The molecule has 0 spiro atoms. The number of benzene rings is 2. The van der Waals surface area contributed by atoms with E-state index < -0.39 is 0 Å². The van der Waals surface area contributed by atoms with Gasteiger partial charge in [-0.3, -0.25) is 4.98 Å². The van der Waals surface area contributed by atoms with Gasteiger partial charge in [0.05, 0.1) is 11.0 Å². The molecule has 5 rings (SSSR count). The fourth-order valence-corrected chi connectivity index (χ4v) is 6.37. The summed E-state index contributed by atoms with van der Waals surface area (Å²) < 4.78 is 0. The molecule has 4 aromatic rings. The third-order valence-corrected chi connectivity index (χ3v) is 7.90. The summed E-state index contributed by atoms with van der Waals surface area (Å²) in [4.78, 5) is 16.7. The van der Waals surface area contributed by atoms with Gasteiger partial charge in [0.1, 0.15) is 5.82 Å². The van der Waals surface area contributed by atoms with Gasteiger partial charge in [-0.05, 0) is 62.1 Å². The van der Waals surface area contributed by atoms with Crippen molar-refractivity contribution in [3.05, 3.63) is 59.8 Å². The number of para-hydroxylation sites is 1. The Bertz CT molecular complexity index is 1400. The van der Waals surface area contributed by atoms with Crippen LogP contribution in [0.2, 0.25) is 5.02 Å². The molecule has 1 aliphatic rings. The molecule has 1 aliphatic heterocycles. The Morgan fingerprint density at radius 3 is 2.54 bits per heavy atom. The highest BCUT2D eigenvalue weighted by molar-refractivity contribution is 7.99. The first-order valence-electron chi connectivity index (χ1n) is 12.9. The van der Waals surface area contributed by atoms with Gasteiger partial charge in [0.25, 0.3) is 0 Å². The SMILES string of the molecule is CC(C)(CNc1ccnc2cc(Cl)ccc12)CC(C)(C)Nc1nc(N2CCSCC2)nc2ccccc12. The molecule has 0 bridgehead atoms. The molecule has 3 heterocycles. The third-order valence-electron chi connectivity index (χ3n) is 6.72. The number of hydrogen-bond donors (Lipinski definition) is 2. The molecular weight excluding hydrogens is 500 g/mol. The molecule has 0 atom stereocenters. The zero-order valence-corrected chi connectivity index (χ0v) is 23.6. The van der Waals surface area contributed by atoms with Crippen molar-refractivity contribution < 1.29 is 0 Å².